The summed E-state index contributed by atoms with van der Waals surface area (Å²) in [5, 5.41) is 0. The van der Waals surface area contributed by atoms with E-state index in [0.717, 1.165) is 0 Å². The second kappa shape index (κ2) is 2.26. The van der Waals surface area contributed by atoms with Crippen LogP contribution in [0.25, 0.3) is 6.08 Å². The van der Waals surface area contributed by atoms with Crippen molar-refractivity contribution in [1.29, 1.82) is 0 Å². The number of fused-ring (bicyclic) bond motifs is 1. The van der Waals surface area contributed by atoms with Gasteiger partial charge in [0.25, 0.3) is 0 Å². The van der Waals surface area contributed by atoms with Crippen molar-refractivity contribution in [2.24, 2.45) is 0 Å². The molecule has 0 heterocycles. The van der Waals surface area contributed by atoms with Crippen molar-refractivity contribution < 1.29 is 0 Å². The van der Waals surface area contributed by atoms with Crippen LogP contribution in [0.15, 0.2) is 29.8 Å². The Bertz CT molecular complexity index is 312. The highest BCUT2D eigenvalue weighted by atomic mass is 14.2. The van der Waals surface area contributed by atoms with E-state index in [2.05, 4.69) is 25.1 Å². The molecule has 11 heavy (non-hydrogen) atoms. The summed E-state index contributed by atoms with van der Waals surface area (Å²) in [6.45, 7) is 2.07. The normalized spacial score (nSPS) is 21.2. The van der Waals surface area contributed by atoms with Gasteiger partial charge in [0.15, 0.2) is 0 Å². The first kappa shape index (κ1) is 6.72. The first-order valence-corrected chi connectivity index (χ1v) is 3.82. The minimum absolute atomic E-state index is 0.131. The number of benzene rings is 1. The molecule has 1 aliphatic rings. The molecule has 1 unspecified atom stereocenters. The Kier molecular flexibility index (Phi) is 1.38. The van der Waals surface area contributed by atoms with Gasteiger partial charge in [-0.1, -0.05) is 35.9 Å². The SMILES string of the molecule is [B]C1C(C)=Cc2ccccc21. The van der Waals surface area contributed by atoms with Gasteiger partial charge in [0.2, 0.25) is 0 Å². The van der Waals surface area contributed by atoms with Gasteiger partial charge in [-0.3, -0.25) is 0 Å². The zero-order valence-corrected chi connectivity index (χ0v) is 6.54. The van der Waals surface area contributed by atoms with E-state index in [1.54, 1.807) is 0 Å². The van der Waals surface area contributed by atoms with E-state index in [0.29, 0.717) is 0 Å². The maximum Gasteiger partial charge on any atom is 0.0823 e. The fourth-order valence-electron chi connectivity index (χ4n) is 1.51. The van der Waals surface area contributed by atoms with Crippen LogP contribution in [0.2, 0.25) is 0 Å². The van der Waals surface area contributed by atoms with Crippen molar-refractivity contribution in [3.05, 3.63) is 41.0 Å². The van der Waals surface area contributed by atoms with Gasteiger partial charge in [-0.05, 0) is 23.9 Å². The van der Waals surface area contributed by atoms with Crippen molar-refractivity contribution >= 4 is 13.9 Å². The summed E-state index contributed by atoms with van der Waals surface area (Å²) in [5.74, 6) is 0.131. The highest BCUT2D eigenvalue weighted by Crippen LogP contribution is 2.32. The van der Waals surface area contributed by atoms with E-state index in [4.69, 9.17) is 7.85 Å². The number of hydrogen-bond donors (Lipinski definition) is 0. The molecule has 0 bridgehead atoms. The maximum atomic E-state index is 5.92. The van der Waals surface area contributed by atoms with Crippen LogP contribution in [0, 0.1) is 0 Å². The van der Waals surface area contributed by atoms with Crippen LogP contribution >= 0.6 is 0 Å². The predicted molar refractivity (Wildman–Crippen MR) is 48.6 cm³/mol. The number of hydrogen-bond acceptors (Lipinski definition) is 0. The van der Waals surface area contributed by atoms with Gasteiger partial charge < -0.3 is 0 Å². The third-order valence-corrected chi connectivity index (χ3v) is 2.20. The number of allylic oxidation sites excluding steroid dienone is 1. The minimum atomic E-state index is 0.131. The molecule has 1 aromatic carbocycles. The molecule has 0 amide bonds. The molecule has 0 saturated heterocycles. The minimum Gasteiger partial charge on any atom is -0.0740 e. The van der Waals surface area contributed by atoms with Gasteiger partial charge in [0.1, 0.15) is 0 Å². The Labute approximate surface area is 68.3 Å². The van der Waals surface area contributed by atoms with E-state index in [1.807, 2.05) is 12.1 Å². The molecular formula is C10H9B. The molecule has 0 fully saturated rings. The van der Waals surface area contributed by atoms with Gasteiger partial charge in [-0.15, -0.1) is 0 Å². The molecule has 0 nitrogen and oxygen atoms in total. The lowest BCUT2D eigenvalue weighted by atomic mass is 9.79. The molecule has 1 atom stereocenters. The molecule has 1 aliphatic carbocycles. The summed E-state index contributed by atoms with van der Waals surface area (Å²) in [6.07, 6.45) is 2.15. The lowest BCUT2D eigenvalue weighted by Gasteiger charge is -2.05. The summed E-state index contributed by atoms with van der Waals surface area (Å²) in [6, 6.07) is 8.27. The molecule has 0 aliphatic heterocycles. The van der Waals surface area contributed by atoms with E-state index >= 15 is 0 Å². The van der Waals surface area contributed by atoms with Crippen LogP contribution in [-0.2, 0) is 0 Å². The standard InChI is InChI=1S/C10H9B/c1-7-6-8-4-2-3-5-9(8)10(7)11/h2-6,10H,1H3. The Morgan fingerprint density at radius 2 is 2.00 bits per heavy atom. The molecule has 52 valence electrons. The molecule has 2 radical (unpaired) electrons. The molecule has 0 N–H and O–H groups in total. The second-order valence-electron chi connectivity index (χ2n) is 2.99. The van der Waals surface area contributed by atoms with Crippen LogP contribution < -0.4 is 0 Å². The fraction of sp³-hybridized carbons (Fsp3) is 0.200. The van der Waals surface area contributed by atoms with E-state index in [-0.39, 0.29) is 5.82 Å². The van der Waals surface area contributed by atoms with Crippen molar-refractivity contribution in [1.82, 2.24) is 0 Å². The predicted octanol–water partition coefficient (Wildman–Crippen LogP) is 2.31. The van der Waals surface area contributed by atoms with Gasteiger partial charge in [-0.2, -0.15) is 0 Å². The Balaban J connectivity index is 2.58. The van der Waals surface area contributed by atoms with Crippen LogP contribution in [0.4, 0.5) is 0 Å². The summed E-state index contributed by atoms with van der Waals surface area (Å²) >= 11 is 0. The zero-order valence-electron chi connectivity index (χ0n) is 6.54. The van der Waals surface area contributed by atoms with Gasteiger partial charge in [0.05, 0.1) is 7.85 Å². The molecular weight excluding hydrogens is 131 g/mol. The van der Waals surface area contributed by atoms with Gasteiger partial charge in [0, 0.05) is 0 Å². The smallest absolute Gasteiger partial charge is 0.0740 e. The van der Waals surface area contributed by atoms with Gasteiger partial charge >= 0.3 is 0 Å². The van der Waals surface area contributed by atoms with Crippen molar-refractivity contribution in [2.75, 3.05) is 0 Å². The van der Waals surface area contributed by atoms with E-state index in [9.17, 15) is 0 Å². The average Bonchev–Trinajstić information content (AvgIpc) is 2.30. The topological polar surface area (TPSA) is 0 Å². The Morgan fingerprint density at radius 3 is 2.73 bits per heavy atom. The molecule has 2 rings (SSSR count). The summed E-state index contributed by atoms with van der Waals surface area (Å²) in [5.41, 5.74) is 3.79. The van der Waals surface area contributed by atoms with Crippen molar-refractivity contribution in [3.63, 3.8) is 0 Å². The highest BCUT2D eigenvalue weighted by molar-refractivity contribution is 6.16. The number of rotatable bonds is 0. The third kappa shape index (κ3) is 0.918. The van der Waals surface area contributed by atoms with Crippen LogP contribution in [-0.4, -0.2) is 7.85 Å². The Hall–Kier alpha value is -0.975. The lowest BCUT2D eigenvalue weighted by Crippen LogP contribution is -1.94. The first-order chi connectivity index (χ1) is 5.29. The Morgan fingerprint density at radius 1 is 1.27 bits per heavy atom. The van der Waals surface area contributed by atoms with E-state index in [1.165, 1.54) is 16.7 Å². The zero-order chi connectivity index (χ0) is 7.84. The molecule has 0 aromatic heterocycles. The molecule has 0 spiro atoms. The largest absolute Gasteiger partial charge is 0.0823 e. The van der Waals surface area contributed by atoms with Crippen LogP contribution in [0.1, 0.15) is 23.9 Å². The molecule has 0 saturated carbocycles. The maximum absolute atomic E-state index is 5.92. The second-order valence-corrected chi connectivity index (χ2v) is 2.99. The quantitative estimate of drug-likeness (QED) is 0.485. The average molecular weight is 140 g/mol. The lowest BCUT2D eigenvalue weighted by molar-refractivity contribution is 1.14. The van der Waals surface area contributed by atoms with Crippen molar-refractivity contribution in [3.8, 4) is 0 Å². The van der Waals surface area contributed by atoms with Crippen LogP contribution in [0.3, 0.4) is 0 Å². The van der Waals surface area contributed by atoms with Crippen LogP contribution in [0.5, 0.6) is 0 Å². The van der Waals surface area contributed by atoms with E-state index < -0.39 is 0 Å². The molecule has 1 heteroatoms. The summed E-state index contributed by atoms with van der Waals surface area (Å²) in [7, 11) is 5.92. The monoisotopic (exact) mass is 140 g/mol. The third-order valence-electron chi connectivity index (χ3n) is 2.20. The summed E-state index contributed by atoms with van der Waals surface area (Å²) in [4.78, 5) is 0. The first-order valence-electron chi connectivity index (χ1n) is 3.82. The fourth-order valence-corrected chi connectivity index (χ4v) is 1.51. The highest BCUT2D eigenvalue weighted by Gasteiger charge is 2.15. The van der Waals surface area contributed by atoms with Gasteiger partial charge in [-0.25, -0.2) is 0 Å². The molecule has 1 aromatic rings. The summed E-state index contributed by atoms with van der Waals surface area (Å²) < 4.78 is 0. The van der Waals surface area contributed by atoms with Crippen molar-refractivity contribution in [2.45, 2.75) is 12.7 Å².